The zero-order valence-corrected chi connectivity index (χ0v) is 14.2. The van der Waals surface area contributed by atoms with Crippen LogP contribution < -0.4 is 10.1 Å². The molecule has 1 amide bonds. The van der Waals surface area contributed by atoms with Crippen molar-refractivity contribution in [2.45, 2.75) is 31.9 Å². The zero-order valence-electron chi connectivity index (χ0n) is 12.6. The Morgan fingerprint density at radius 2 is 1.86 bits per heavy atom. The van der Waals surface area contributed by atoms with Crippen molar-refractivity contribution in [3.63, 3.8) is 0 Å². The van der Waals surface area contributed by atoms with E-state index < -0.39 is 0 Å². The molecular formula is C18H18BrNO2. The molecule has 1 aliphatic heterocycles. The summed E-state index contributed by atoms with van der Waals surface area (Å²) in [5.74, 6) is 0.765. The van der Waals surface area contributed by atoms with Gasteiger partial charge in [-0.2, -0.15) is 0 Å². The second kappa shape index (κ2) is 5.76. The Labute approximate surface area is 138 Å². The van der Waals surface area contributed by atoms with Gasteiger partial charge < -0.3 is 10.1 Å². The number of rotatable bonds is 2. The number of carbonyl (C=O) groups excluding carboxylic acids is 1. The van der Waals surface area contributed by atoms with Crippen molar-refractivity contribution in [1.82, 2.24) is 5.32 Å². The fourth-order valence-corrected chi connectivity index (χ4v) is 3.28. The summed E-state index contributed by atoms with van der Waals surface area (Å²) in [6, 6.07) is 15.3. The van der Waals surface area contributed by atoms with Crippen molar-refractivity contribution >= 4 is 21.8 Å². The number of fused-ring (bicyclic) bond motifs is 1. The highest BCUT2D eigenvalue weighted by molar-refractivity contribution is 9.10. The van der Waals surface area contributed by atoms with Crippen LogP contribution in [0.4, 0.5) is 0 Å². The molecule has 0 aliphatic carbocycles. The maximum absolute atomic E-state index is 12.6. The van der Waals surface area contributed by atoms with Crippen LogP contribution in [0.25, 0.3) is 0 Å². The number of nitrogens with one attached hydrogen (secondary N) is 1. The van der Waals surface area contributed by atoms with E-state index in [4.69, 9.17) is 4.74 Å². The molecule has 0 bridgehead atoms. The number of benzene rings is 2. The number of para-hydroxylation sites is 1. The molecule has 0 radical (unpaired) electrons. The van der Waals surface area contributed by atoms with Crippen LogP contribution in [0.5, 0.6) is 5.75 Å². The van der Waals surface area contributed by atoms with Crippen LogP contribution in [-0.2, 0) is 0 Å². The molecule has 114 valence electrons. The van der Waals surface area contributed by atoms with Gasteiger partial charge in [0.2, 0.25) is 0 Å². The van der Waals surface area contributed by atoms with Crippen molar-refractivity contribution in [3.05, 3.63) is 64.1 Å². The van der Waals surface area contributed by atoms with Gasteiger partial charge in [0.05, 0.1) is 11.6 Å². The van der Waals surface area contributed by atoms with Gasteiger partial charge in [-0.15, -0.1) is 0 Å². The minimum Gasteiger partial charge on any atom is -0.487 e. The monoisotopic (exact) mass is 359 g/mol. The summed E-state index contributed by atoms with van der Waals surface area (Å²) >= 11 is 3.43. The largest absolute Gasteiger partial charge is 0.487 e. The van der Waals surface area contributed by atoms with Gasteiger partial charge in [-0.25, -0.2) is 0 Å². The molecule has 0 spiro atoms. The number of hydrogen-bond acceptors (Lipinski definition) is 2. The fourth-order valence-electron chi connectivity index (χ4n) is 2.81. The Hall–Kier alpha value is -1.81. The second-order valence-electron chi connectivity index (χ2n) is 6.11. The lowest BCUT2D eigenvalue weighted by atomic mass is 9.89. The van der Waals surface area contributed by atoms with E-state index in [9.17, 15) is 4.79 Å². The van der Waals surface area contributed by atoms with Gasteiger partial charge in [0.15, 0.2) is 0 Å². The molecule has 2 aromatic rings. The van der Waals surface area contributed by atoms with Gasteiger partial charge in [-0.05, 0) is 48.0 Å². The highest BCUT2D eigenvalue weighted by Crippen LogP contribution is 2.39. The highest BCUT2D eigenvalue weighted by Gasteiger charge is 2.34. The van der Waals surface area contributed by atoms with Gasteiger partial charge in [-0.3, -0.25) is 4.79 Å². The third-order valence-corrected chi connectivity index (χ3v) is 4.49. The quantitative estimate of drug-likeness (QED) is 0.858. The van der Waals surface area contributed by atoms with Crippen LogP contribution in [-0.4, -0.2) is 11.5 Å². The average molecular weight is 360 g/mol. The molecule has 1 atom stereocenters. The predicted molar refractivity (Wildman–Crippen MR) is 90.1 cm³/mol. The molecule has 0 aromatic heterocycles. The number of amides is 1. The number of hydrogen-bond donors (Lipinski definition) is 1. The molecule has 3 rings (SSSR count). The Balaban J connectivity index is 1.89. The number of halogens is 1. The molecule has 0 fully saturated rings. The molecule has 4 heteroatoms. The molecule has 2 aromatic carbocycles. The first-order chi connectivity index (χ1) is 10.5. The van der Waals surface area contributed by atoms with Gasteiger partial charge in [0.1, 0.15) is 11.4 Å². The predicted octanol–water partition coefficient (Wildman–Crippen LogP) is 4.48. The third-order valence-electron chi connectivity index (χ3n) is 3.80. The maximum atomic E-state index is 12.6. The van der Waals surface area contributed by atoms with E-state index >= 15 is 0 Å². The number of carbonyl (C=O) groups is 1. The van der Waals surface area contributed by atoms with Crippen LogP contribution in [0.15, 0.2) is 53.0 Å². The van der Waals surface area contributed by atoms with E-state index in [0.29, 0.717) is 5.56 Å². The molecule has 3 nitrogen and oxygen atoms in total. The Bertz CT molecular complexity index is 712. The summed E-state index contributed by atoms with van der Waals surface area (Å²) in [6.45, 7) is 4.08. The van der Waals surface area contributed by atoms with Crippen LogP contribution >= 0.6 is 15.9 Å². The first-order valence-electron chi connectivity index (χ1n) is 7.30. The zero-order chi connectivity index (χ0) is 15.7. The summed E-state index contributed by atoms with van der Waals surface area (Å²) in [6.07, 6.45) is 0.736. The molecule has 0 saturated heterocycles. The standard InChI is InChI=1S/C18H18BrNO2/c1-18(2)11-15(13-8-4-6-10-16(13)22-18)20-17(21)12-7-3-5-9-14(12)19/h3-10,15H,11H2,1-2H3,(H,20,21). The molecule has 0 saturated carbocycles. The van der Waals surface area contributed by atoms with E-state index in [2.05, 4.69) is 21.2 Å². The Morgan fingerprint density at radius 1 is 1.18 bits per heavy atom. The smallest absolute Gasteiger partial charge is 0.252 e. The van der Waals surface area contributed by atoms with Crippen molar-refractivity contribution in [3.8, 4) is 5.75 Å². The van der Waals surface area contributed by atoms with E-state index in [1.54, 1.807) is 0 Å². The van der Waals surface area contributed by atoms with E-state index in [1.807, 2.05) is 62.4 Å². The summed E-state index contributed by atoms with van der Waals surface area (Å²) in [4.78, 5) is 12.6. The first-order valence-corrected chi connectivity index (χ1v) is 8.09. The summed E-state index contributed by atoms with van der Waals surface area (Å²) in [7, 11) is 0. The van der Waals surface area contributed by atoms with Gasteiger partial charge in [0.25, 0.3) is 5.91 Å². The van der Waals surface area contributed by atoms with Crippen LogP contribution in [0.1, 0.15) is 42.2 Å². The van der Waals surface area contributed by atoms with Gasteiger partial charge in [-0.1, -0.05) is 30.3 Å². The Kier molecular flexibility index (Phi) is 3.96. The molecule has 1 N–H and O–H groups in total. The minimum atomic E-state index is -0.305. The van der Waals surface area contributed by atoms with Gasteiger partial charge in [0, 0.05) is 16.5 Å². The van der Waals surface area contributed by atoms with Crippen molar-refractivity contribution in [1.29, 1.82) is 0 Å². The average Bonchev–Trinajstić information content (AvgIpc) is 2.46. The fraction of sp³-hybridized carbons (Fsp3) is 0.278. The normalized spacial score (nSPS) is 19.0. The molecular weight excluding hydrogens is 342 g/mol. The second-order valence-corrected chi connectivity index (χ2v) is 6.96. The SMILES string of the molecule is CC1(C)CC(NC(=O)c2ccccc2Br)c2ccccc2O1. The molecule has 22 heavy (non-hydrogen) atoms. The van der Waals surface area contributed by atoms with E-state index in [0.717, 1.165) is 22.2 Å². The van der Waals surface area contributed by atoms with Gasteiger partial charge >= 0.3 is 0 Å². The Morgan fingerprint density at radius 3 is 2.64 bits per heavy atom. The number of ether oxygens (including phenoxy) is 1. The van der Waals surface area contributed by atoms with Crippen molar-refractivity contribution in [2.75, 3.05) is 0 Å². The van der Waals surface area contributed by atoms with Crippen LogP contribution in [0.2, 0.25) is 0 Å². The van der Waals surface area contributed by atoms with Crippen molar-refractivity contribution in [2.24, 2.45) is 0 Å². The maximum Gasteiger partial charge on any atom is 0.252 e. The summed E-state index contributed by atoms with van der Waals surface area (Å²) < 4.78 is 6.80. The van der Waals surface area contributed by atoms with Crippen LogP contribution in [0, 0.1) is 0 Å². The van der Waals surface area contributed by atoms with E-state index in [-0.39, 0.29) is 17.6 Å². The molecule has 1 unspecified atom stereocenters. The first kappa shape index (κ1) is 15.1. The summed E-state index contributed by atoms with van der Waals surface area (Å²) in [5.41, 5.74) is 1.37. The third kappa shape index (κ3) is 3.02. The lowest BCUT2D eigenvalue weighted by molar-refractivity contribution is 0.0619. The summed E-state index contributed by atoms with van der Waals surface area (Å²) in [5, 5.41) is 3.14. The van der Waals surface area contributed by atoms with Crippen molar-refractivity contribution < 1.29 is 9.53 Å². The van der Waals surface area contributed by atoms with Crippen LogP contribution in [0.3, 0.4) is 0 Å². The minimum absolute atomic E-state index is 0.0560. The van der Waals surface area contributed by atoms with E-state index in [1.165, 1.54) is 0 Å². The topological polar surface area (TPSA) is 38.3 Å². The lowest BCUT2D eigenvalue weighted by Crippen LogP contribution is -2.41. The molecule has 1 aliphatic rings. The lowest BCUT2D eigenvalue weighted by Gasteiger charge is -2.37. The highest BCUT2D eigenvalue weighted by atomic mass is 79.9. The molecule has 1 heterocycles.